The summed E-state index contributed by atoms with van der Waals surface area (Å²) in [6.07, 6.45) is -0.967. The van der Waals surface area contributed by atoms with Crippen molar-refractivity contribution in [3.8, 4) is 0 Å². The first-order chi connectivity index (χ1) is 11.3. The molecule has 0 aliphatic carbocycles. The third kappa shape index (κ3) is 3.81. The third-order valence-electron chi connectivity index (χ3n) is 3.57. The molecule has 2 unspecified atom stereocenters. The van der Waals surface area contributed by atoms with E-state index in [1.54, 1.807) is 31.2 Å². The Bertz CT molecular complexity index is 764. The number of nitrogens with one attached hydrogen (secondary N) is 1. The fourth-order valence-corrected chi connectivity index (χ4v) is 2.35. The molecule has 0 spiro atoms. The number of nitro benzene ring substituents is 1. The second-order valence-electron chi connectivity index (χ2n) is 5.25. The maximum absolute atomic E-state index is 12.3. The van der Waals surface area contributed by atoms with Crippen molar-refractivity contribution in [1.29, 1.82) is 0 Å². The summed E-state index contributed by atoms with van der Waals surface area (Å²) in [5.41, 5.74) is 5.70. The minimum Gasteiger partial charge on any atom is -0.393 e. The predicted octanol–water partition coefficient (Wildman–Crippen LogP) is 2.68. The van der Waals surface area contributed by atoms with E-state index >= 15 is 0 Å². The smallest absolute Gasteiger partial charge is 0.292 e. The molecule has 0 saturated heterocycles. The molecule has 1 amide bonds. The lowest BCUT2D eigenvalue weighted by molar-refractivity contribution is -0.383. The SMILES string of the molecule is CC(NC(=O)c1cccc([N+](=O)[O-])c1N)C(O)c1ccc(Cl)cc1. The standard InChI is InChI=1S/C16H16ClN3O4/c1-9(15(21)10-5-7-11(17)8-6-10)19-16(22)12-3-2-4-13(14(12)18)20(23)24/h2-9,15,21H,18H2,1H3,(H,19,22). The quantitative estimate of drug-likeness (QED) is 0.435. The molecule has 0 saturated carbocycles. The molecular formula is C16H16ClN3O4. The molecule has 2 atom stereocenters. The van der Waals surface area contributed by atoms with Crippen molar-refractivity contribution >= 4 is 28.9 Å². The number of nitrogens with two attached hydrogens (primary N) is 1. The van der Waals surface area contributed by atoms with Crippen LogP contribution >= 0.6 is 11.6 Å². The predicted molar refractivity (Wildman–Crippen MR) is 90.8 cm³/mol. The van der Waals surface area contributed by atoms with Crippen molar-refractivity contribution in [2.75, 3.05) is 5.73 Å². The Hall–Kier alpha value is -2.64. The number of anilines is 1. The summed E-state index contributed by atoms with van der Waals surface area (Å²) < 4.78 is 0. The van der Waals surface area contributed by atoms with Gasteiger partial charge < -0.3 is 16.2 Å². The van der Waals surface area contributed by atoms with Crippen LogP contribution in [-0.2, 0) is 0 Å². The zero-order valence-corrected chi connectivity index (χ0v) is 13.5. The number of nitro groups is 1. The zero-order valence-electron chi connectivity index (χ0n) is 12.8. The Balaban J connectivity index is 2.15. The van der Waals surface area contributed by atoms with Gasteiger partial charge in [0.15, 0.2) is 0 Å². The first-order valence-electron chi connectivity index (χ1n) is 7.08. The lowest BCUT2D eigenvalue weighted by Crippen LogP contribution is -2.37. The summed E-state index contributed by atoms with van der Waals surface area (Å²) in [5, 5.41) is 24.3. The number of nitrogens with zero attached hydrogens (tertiary/aromatic N) is 1. The van der Waals surface area contributed by atoms with Crippen LogP contribution in [0.2, 0.25) is 5.02 Å². The summed E-state index contributed by atoms with van der Waals surface area (Å²) >= 11 is 5.80. The lowest BCUT2D eigenvalue weighted by Gasteiger charge is -2.21. The highest BCUT2D eigenvalue weighted by Gasteiger charge is 2.23. The molecule has 2 rings (SSSR count). The first kappa shape index (κ1) is 17.7. The zero-order chi connectivity index (χ0) is 17.9. The third-order valence-corrected chi connectivity index (χ3v) is 3.82. The molecule has 0 aliphatic rings. The second kappa shape index (κ2) is 7.29. The van der Waals surface area contributed by atoms with Gasteiger partial charge in [0, 0.05) is 11.1 Å². The average molecular weight is 350 g/mol. The van der Waals surface area contributed by atoms with Gasteiger partial charge in [-0.3, -0.25) is 14.9 Å². The number of para-hydroxylation sites is 1. The summed E-state index contributed by atoms with van der Waals surface area (Å²) in [6.45, 7) is 1.62. The van der Waals surface area contributed by atoms with E-state index in [4.69, 9.17) is 17.3 Å². The lowest BCUT2D eigenvalue weighted by atomic mass is 10.0. The van der Waals surface area contributed by atoms with Crippen LogP contribution in [0.5, 0.6) is 0 Å². The highest BCUT2D eigenvalue weighted by atomic mass is 35.5. The van der Waals surface area contributed by atoms with Crippen LogP contribution in [0, 0.1) is 10.1 Å². The number of halogens is 1. The molecule has 2 aromatic carbocycles. The maximum atomic E-state index is 12.3. The van der Waals surface area contributed by atoms with Crippen LogP contribution in [0.1, 0.15) is 28.9 Å². The van der Waals surface area contributed by atoms with Crippen LogP contribution in [0.4, 0.5) is 11.4 Å². The molecule has 126 valence electrons. The molecule has 0 aromatic heterocycles. The summed E-state index contributed by atoms with van der Waals surface area (Å²) in [5.74, 6) is -0.600. The fraction of sp³-hybridized carbons (Fsp3) is 0.188. The number of benzene rings is 2. The van der Waals surface area contributed by atoms with Gasteiger partial charge in [-0.15, -0.1) is 0 Å². The van der Waals surface area contributed by atoms with Crippen molar-refractivity contribution in [3.05, 3.63) is 68.7 Å². The van der Waals surface area contributed by atoms with Crippen LogP contribution in [-0.4, -0.2) is 22.0 Å². The van der Waals surface area contributed by atoms with Crippen molar-refractivity contribution in [1.82, 2.24) is 5.32 Å². The Morgan fingerprint density at radius 1 is 1.29 bits per heavy atom. The summed E-state index contributed by atoms with van der Waals surface area (Å²) in [6, 6.07) is 9.91. The largest absolute Gasteiger partial charge is 0.393 e. The van der Waals surface area contributed by atoms with E-state index in [-0.39, 0.29) is 16.9 Å². The average Bonchev–Trinajstić information content (AvgIpc) is 2.54. The van der Waals surface area contributed by atoms with E-state index in [0.717, 1.165) is 0 Å². The number of amides is 1. The Kier molecular flexibility index (Phi) is 5.38. The summed E-state index contributed by atoms with van der Waals surface area (Å²) in [4.78, 5) is 22.5. The Morgan fingerprint density at radius 3 is 2.50 bits per heavy atom. The first-order valence-corrected chi connectivity index (χ1v) is 7.46. The van der Waals surface area contributed by atoms with E-state index in [2.05, 4.69) is 5.32 Å². The summed E-state index contributed by atoms with van der Waals surface area (Å²) in [7, 11) is 0. The molecule has 4 N–H and O–H groups in total. The second-order valence-corrected chi connectivity index (χ2v) is 5.69. The van der Waals surface area contributed by atoms with Gasteiger partial charge in [0.2, 0.25) is 0 Å². The molecule has 8 heteroatoms. The van der Waals surface area contributed by atoms with Gasteiger partial charge in [-0.2, -0.15) is 0 Å². The van der Waals surface area contributed by atoms with Gasteiger partial charge in [0.25, 0.3) is 11.6 Å². The number of carbonyl (C=O) groups excluding carboxylic acids is 1. The monoisotopic (exact) mass is 349 g/mol. The number of carbonyl (C=O) groups is 1. The number of hydrogen-bond donors (Lipinski definition) is 3. The Labute approximate surface area is 143 Å². The van der Waals surface area contributed by atoms with Crippen LogP contribution in [0.3, 0.4) is 0 Å². The molecule has 0 radical (unpaired) electrons. The van der Waals surface area contributed by atoms with Gasteiger partial charge in [-0.25, -0.2) is 0 Å². The van der Waals surface area contributed by atoms with E-state index in [9.17, 15) is 20.0 Å². The minimum atomic E-state index is -0.967. The van der Waals surface area contributed by atoms with Crippen molar-refractivity contribution in [2.45, 2.75) is 19.1 Å². The van der Waals surface area contributed by atoms with Crippen LogP contribution < -0.4 is 11.1 Å². The van der Waals surface area contributed by atoms with Crippen molar-refractivity contribution < 1.29 is 14.8 Å². The molecule has 7 nitrogen and oxygen atoms in total. The van der Waals surface area contributed by atoms with Crippen LogP contribution in [0.15, 0.2) is 42.5 Å². The molecule has 2 aromatic rings. The molecule has 0 fully saturated rings. The highest BCUT2D eigenvalue weighted by molar-refractivity contribution is 6.30. The van der Waals surface area contributed by atoms with Crippen LogP contribution in [0.25, 0.3) is 0 Å². The number of nitrogen functional groups attached to an aromatic ring is 1. The fourth-order valence-electron chi connectivity index (χ4n) is 2.22. The van der Waals surface area contributed by atoms with Crippen molar-refractivity contribution in [2.24, 2.45) is 0 Å². The number of hydrogen-bond acceptors (Lipinski definition) is 5. The number of rotatable bonds is 5. The minimum absolute atomic E-state index is 0.0145. The Morgan fingerprint density at radius 2 is 1.92 bits per heavy atom. The van der Waals surface area contributed by atoms with E-state index < -0.39 is 23.0 Å². The molecule has 0 aliphatic heterocycles. The van der Waals surface area contributed by atoms with Crippen molar-refractivity contribution in [3.63, 3.8) is 0 Å². The molecule has 0 heterocycles. The normalized spacial score (nSPS) is 13.1. The van der Waals surface area contributed by atoms with Gasteiger partial charge in [-0.1, -0.05) is 29.8 Å². The number of aliphatic hydroxyl groups is 1. The van der Waals surface area contributed by atoms with E-state index in [1.165, 1.54) is 18.2 Å². The topological polar surface area (TPSA) is 118 Å². The van der Waals surface area contributed by atoms with Gasteiger partial charge in [0.05, 0.1) is 22.6 Å². The van der Waals surface area contributed by atoms with Gasteiger partial charge >= 0.3 is 0 Å². The number of aliphatic hydroxyl groups excluding tert-OH is 1. The maximum Gasteiger partial charge on any atom is 0.292 e. The van der Waals surface area contributed by atoms with Gasteiger partial charge in [-0.05, 0) is 30.7 Å². The van der Waals surface area contributed by atoms with E-state index in [0.29, 0.717) is 10.6 Å². The highest BCUT2D eigenvalue weighted by Crippen LogP contribution is 2.25. The molecular weight excluding hydrogens is 334 g/mol. The van der Waals surface area contributed by atoms with E-state index in [1.807, 2.05) is 0 Å². The molecule has 24 heavy (non-hydrogen) atoms. The molecule has 0 bridgehead atoms. The van der Waals surface area contributed by atoms with Gasteiger partial charge in [0.1, 0.15) is 5.69 Å².